The Balaban J connectivity index is 1.98. The number of hydrogen-bond acceptors (Lipinski definition) is 1. The molecule has 1 nitrogen and oxygen atoms in total. The van der Waals surface area contributed by atoms with E-state index in [0.717, 1.165) is 17.6 Å². The molecule has 1 heteroatoms. The summed E-state index contributed by atoms with van der Waals surface area (Å²) in [4.78, 5) is 0. The smallest absolute Gasteiger partial charge is 0.118 e. The Labute approximate surface area is 140 Å². The van der Waals surface area contributed by atoms with Crippen molar-refractivity contribution in [1.82, 2.24) is 0 Å². The van der Waals surface area contributed by atoms with E-state index >= 15 is 0 Å². The van der Waals surface area contributed by atoms with Crippen LogP contribution < -0.4 is 4.74 Å². The third-order valence-corrected chi connectivity index (χ3v) is 5.54. The molecule has 0 bridgehead atoms. The zero-order valence-corrected chi connectivity index (χ0v) is 14.4. The molecule has 2 aromatic carbocycles. The van der Waals surface area contributed by atoms with Gasteiger partial charge in [-0.2, -0.15) is 0 Å². The van der Waals surface area contributed by atoms with Crippen molar-refractivity contribution in [1.29, 1.82) is 0 Å². The van der Waals surface area contributed by atoms with Gasteiger partial charge in [0.2, 0.25) is 0 Å². The van der Waals surface area contributed by atoms with E-state index in [2.05, 4.69) is 61.5 Å². The molecular weight excluding hydrogens is 280 g/mol. The quantitative estimate of drug-likeness (QED) is 0.632. The molecule has 122 valence electrons. The Kier molecular flexibility index (Phi) is 5.38. The minimum Gasteiger partial charge on any atom is -0.497 e. The maximum absolute atomic E-state index is 5.34. The molecule has 1 aliphatic carbocycles. The van der Waals surface area contributed by atoms with Crippen LogP contribution in [0.4, 0.5) is 0 Å². The first-order chi connectivity index (χ1) is 11.3. The summed E-state index contributed by atoms with van der Waals surface area (Å²) >= 11 is 0. The molecule has 3 rings (SSSR count). The van der Waals surface area contributed by atoms with Gasteiger partial charge in [0.1, 0.15) is 5.75 Å². The summed E-state index contributed by atoms with van der Waals surface area (Å²) in [5.41, 5.74) is 2.88. The first-order valence-electron chi connectivity index (χ1n) is 9.02. The fourth-order valence-corrected chi connectivity index (χ4v) is 4.39. The van der Waals surface area contributed by atoms with E-state index in [1.165, 1.54) is 43.2 Å². The van der Waals surface area contributed by atoms with E-state index in [1.807, 2.05) is 0 Å². The van der Waals surface area contributed by atoms with Crippen LogP contribution in [0.15, 0.2) is 54.6 Å². The Morgan fingerprint density at radius 1 is 0.913 bits per heavy atom. The summed E-state index contributed by atoms with van der Waals surface area (Å²) in [6.45, 7) is 2.36. The molecule has 0 spiro atoms. The second-order valence-electron chi connectivity index (χ2n) is 6.78. The van der Waals surface area contributed by atoms with Gasteiger partial charge < -0.3 is 4.74 Å². The zero-order chi connectivity index (χ0) is 16.1. The SMILES string of the molecule is CCC(C1CCCC1)C(c1ccccc1)c1ccc(OC)cc1. The molecule has 0 aromatic heterocycles. The van der Waals surface area contributed by atoms with Gasteiger partial charge in [0, 0.05) is 5.92 Å². The summed E-state index contributed by atoms with van der Waals surface area (Å²) in [6.07, 6.45) is 6.86. The van der Waals surface area contributed by atoms with Gasteiger partial charge in [0.15, 0.2) is 0 Å². The van der Waals surface area contributed by atoms with Crippen LogP contribution in [-0.4, -0.2) is 7.11 Å². The predicted octanol–water partition coefficient (Wildman–Crippen LogP) is 6.04. The van der Waals surface area contributed by atoms with Crippen LogP contribution in [0.1, 0.15) is 56.1 Å². The Hall–Kier alpha value is -1.76. The highest BCUT2D eigenvalue weighted by Gasteiger charge is 2.32. The van der Waals surface area contributed by atoms with E-state index in [-0.39, 0.29) is 0 Å². The molecule has 2 unspecified atom stereocenters. The van der Waals surface area contributed by atoms with Crippen molar-refractivity contribution in [3.8, 4) is 5.75 Å². The highest BCUT2D eigenvalue weighted by atomic mass is 16.5. The van der Waals surface area contributed by atoms with Crippen molar-refractivity contribution < 1.29 is 4.74 Å². The van der Waals surface area contributed by atoms with Gasteiger partial charge in [-0.1, -0.05) is 81.5 Å². The number of methoxy groups -OCH3 is 1. The van der Waals surface area contributed by atoms with Crippen LogP contribution in [0.3, 0.4) is 0 Å². The first kappa shape index (κ1) is 16.1. The molecule has 0 saturated heterocycles. The van der Waals surface area contributed by atoms with Crippen LogP contribution in [-0.2, 0) is 0 Å². The normalized spacial score (nSPS) is 17.8. The van der Waals surface area contributed by atoms with Crippen molar-refractivity contribution in [2.75, 3.05) is 7.11 Å². The minimum absolute atomic E-state index is 0.496. The lowest BCUT2D eigenvalue weighted by molar-refractivity contribution is 0.297. The number of benzene rings is 2. The summed E-state index contributed by atoms with van der Waals surface area (Å²) in [5.74, 6) is 3.03. The summed E-state index contributed by atoms with van der Waals surface area (Å²) in [6, 6.07) is 19.8. The van der Waals surface area contributed by atoms with Crippen LogP contribution >= 0.6 is 0 Å². The van der Waals surface area contributed by atoms with E-state index < -0.39 is 0 Å². The predicted molar refractivity (Wildman–Crippen MR) is 97.0 cm³/mol. The maximum Gasteiger partial charge on any atom is 0.118 e. The Bertz CT molecular complexity index is 581. The first-order valence-corrected chi connectivity index (χ1v) is 9.02. The van der Waals surface area contributed by atoms with Crippen LogP contribution in [0.5, 0.6) is 5.75 Å². The molecule has 0 heterocycles. The molecule has 1 aliphatic rings. The topological polar surface area (TPSA) is 9.23 Å². The molecule has 2 atom stereocenters. The van der Waals surface area contributed by atoms with Gasteiger partial charge in [0.25, 0.3) is 0 Å². The molecular formula is C22H28O. The fourth-order valence-electron chi connectivity index (χ4n) is 4.39. The molecule has 1 fully saturated rings. The zero-order valence-electron chi connectivity index (χ0n) is 14.4. The highest BCUT2D eigenvalue weighted by Crippen LogP contribution is 2.44. The number of hydrogen-bond donors (Lipinski definition) is 0. The summed E-state index contributed by atoms with van der Waals surface area (Å²) in [5, 5.41) is 0. The minimum atomic E-state index is 0.496. The van der Waals surface area contributed by atoms with E-state index in [9.17, 15) is 0 Å². The van der Waals surface area contributed by atoms with Gasteiger partial charge in [0.05, 0.1) is 7.11 Å². The molecule has 0 aliphatic heterocycles. The second-order valence-corrected chi connectivity index (χ2v) is 6.78. The van der Waals surface area contributed by atoms with Gasteiger partial charge in [-0.05, 0) is 35.1 Å². The summed E-state index contributed by atoms with van der Waals surface area (Å²) < 4.78 is 5.34. The lowest BCUT2D eigenvalue weighted by Crippen LogP contribution is -2.21. The van der Waals surface area contributed by atoms with Crippen LogP contribution in [0.25, 0.3) is 0 Å². The van der Waals surface area contributed by atoms with Gasteiger partial charge in [-0.25, -0.2) is 0 Å². The molecule has 0 radical (unpaired) electrons. The lowest BCUT2D eigenvalue weighted by Gasteiger charge is -2.32. The molecule has 0 amide bonds. The van der Waals surface area contributed by atoms with Crippen LogP contribution in [0, 0.1) is 11.8 Å². The Morgan fingerprint density at radius 2 is 1.52 bits per heavy atom. The average molecular weight is 308 g/mol. The van der Waals surface area contributed by atoms with Gasteiger partial charge in [-0.3, -0.25) is 0 Å². The maximum atomic E-state index is 5.34. The van der Waals surface area contributed by atoms with E-state index in [4.69, 9.17) is 4.74 Å². The standard InChI is InChI=1S/C22H28O/c1-3-21(17-9-7-8-10-17)22(18-11-5-4-6-12-18)19-13-15-20(23-2)16-14-19/h4-6,11-17,21-22H,3,7-10H2,1-2H3. The van der Waals surface area contributed by atoms with Crippen molar-refractivity contribution in [3.63, 3.8) is 0 Å². The van der Waals surface area contributed by atoms with Crippen molar-refractivity contribution in [2.24, 2.45) is 11.8 Å². The van der Waals surface area contributed by atoms with Crippen molar-refractivity contribution in [2.45, 2.75) is 44.9 Å². The van der Waals surface area contributed by atoms with Crippen molar-refractivity contribution in [3.05, 3.63) is 65.7 Å². The third kappa shape index (κ3) is 3.60. The van der Waals surface area contributed by atoms with E-state index in [0.29, 0.717) is 5.92 Å². The van der Waals surface area contributed by atoms with Gasteiger partial charge in [-0.15, -0.1) is 0 Å². The highest BCUT2D eigenvalue weighted by molar-refractivity contribution is 5.37. The largest absolute Gasteiger partial charge is 0.497 e. The van der Waals surface area contributed by atoms with E-state index in [1.54, 1.807) is 7.11 Å². The van der Waals surface area contributed by atoms with Crippen LogP contribution in [0.2, 0.25) is 0 Å². The number of ether oxygens (including phenoxy) is 1. The monoisotopic (exact) mass is 308 g/mol. The fraction of sp³-hybridized carbons (Fsp3) is 0.455. The van der Waals surface area contributed by atoms with Gasteiger partial charge >= 0.3 is 0 Å². The average Bonchev–Trinajstić information content (AvgIpc) is 3.15. The molecule has 0 N–H and O–H groups in total. The molecule has 2 aromatic rings. The number of rotatable bonds is 6. The second kappa shape index (κ2) is 7.68. The third-order valence-electron chi connectivity index (χ3n) is 5.54. The van der Waals surface area contributed by atoms with Crippen molar-refractivity contribution >= 4 is 0 Å². The summed E-state index contributed by atoms with van der Waals surface area (Å²) in [7, 11) is 1.73. The molecule has 1 saturated carbocycles. The lowest BCUT2D eigenvalue weighted by atomic mass is 9.72. The molecule has 23 heavy (non-hydrogen) atoms. The Morgan fingerprint density at radius 3 is 2.09 bits per heavy atom.